The number of hydrogen-bond donors (Lipinski definition) is 2. The first-order valence-corrected chi connectivity index (χ1v) is 9.78. The van der Waals surface area contributed by atoms with E-state index in [0.717, 1.165) is 26.3 Å². The van der Waals surface area contributed by atoms with Gasteiger partial charge in [0.25, 0.3) is 0 Å². The molecule has 10 heteroatoms. The Balaban J connectivity index is 0.00000420. The molecule has 2 N–H and O–H groups in total. The van der Waals surface area contributed by atoms with Crippen molar-refractivity contribution in [2.24, 2.45) is 4.99 Å². The molecule has 0 bridgehead atoms. The lowest BCUT2D eigenvalue weighted by Crippen LogP contribution is -2.56. The first-order valence-electron chi connectivity index (χ1n) is 9.40. The average molecular weight is 547 g/mol. The second-order valence-corrected chi connectivity index (χ2v) is 7.53. The number of benzene rings is 1. The van der Waals surface area contributed by atoms with Gasteiger partial charge in [-0.15, -0.1) is 24.0 Å². The Kier molecular flexibility index (Phi) is 11.4. The van der Waals surface area contributed by atoms with Crippen LogP contribution < -0.4 is 15.4 Å². The van der Waals surface area contributed by atoms with Crippen LogP contribution in [0.3, 0.4) is 0 Å². The fourth-order valence-corrected chi connectivity index (χ4v) is 3.16. The number of morpholine rings is 1. The Hall–Kier alpha value is -0.910. The lowest BCUT2D eigenvalue weighted by atomic mass is 10.0. The summed E-state index contributed by atoms with van der Waals surface area (Å²) in [6.07, 6.45) is 0. The number of rotatable bonds is 8. The van der Waals surface area contributed by atoms with Crippen LogP contribution in [-0.2, 0) is 11.3 Å². The molecule has 0 spiro atoms. The molecule has 0 aliphatic carbocycles. The quantitative estimate of drug-likeness (QED) is 0.296. The normalized spacial score (nSPS) is 15.8. The Bertz CT molecular complexity index is 659. The molecule has 29 heavy (non-hydrogen) atoms. The van der Waals surface area contributed by atoms with Gasteiger partial charge in [-0.2, -0.15) is 8.78 Å². The summed E-state index contributed by atoms with van der Waals surface area (Å²) in [4.78, 5) is 6.88. The van der Waals surface area contributed by atoms with Crippen molar-refractivity contribution in [3.63, 3.8) is 0 Å². The monoisotopic (exact) mass is 546 g/mol. The van der Waals surface area contributed by atoms with Gasteiger partial charge in [0.1, 0.15) is 5.75 Å². The van der Waals surface area contributed by atoms with Gasteiger partial charge in [-0.25, -0.2) is 4.99 Å². The molecule has 1 aliphatic heterocycles. The van der Waals surface area contributed by atoms with Gasteiger partial charge in [-0.3, -0.25) is 4.90 Å². The zero-order valence-electron chi connectivity index (χ0n) is 17.0. The largest absolute Gasteiger partial charge is 0.434 e. The van der Waals surface area contributed by atoms with Gasteiger partial charge < -0.3 is 20.1 Å². The minimum absolute atomic E-state index is 0. The Morgan fingerprint density at radius 2 is 2.00 bits per heavy atom. The van der Waals surface area contributed by atoms with Crippen molar-refractivity contribution < 1.29 is 18.3 Å². The number of halogens is 4. The molecule has 6 nitrogen and oxygen atoms in total. The molecule has 0 atom stereocenters. The average Bonchev–Trinajstić information content (AvgIpc) is 2.66. The highest BCUT2D eigenvalue weighted by Crippen LogP contribution is 2.25. The van der Waals surface area contributed by atoms with Gasteiger partial charge in [-0.05, 0) is 39.0 Å². The Morgan fingerprint density at radius 1 is 1.31 bits per heavy atom. The third-order valence-electron chi connectivity index (χ3n) is 4.55. The van der Waals surface area contributed by atoms with Gasteiger partial charge >= 0.3 is 6.61 Å². The zero-order chi connectivity index (χ0) is 20.6. The lowest BCUT2D eigenvalue weighted by molar-refractivity contribution is -0.0504. The first kappa shape index (κ1) is 26.1. The molecule has 1 aromatic carbocycles. The van der Waals surface area contributed by atoms with E-state index in [1.165, 1.54) is 12.1 Å². The second-order valence-electron chi connectivity index (χ2n) is 7.09. The molecule has 1 fully saturated rings. The molecule has 0 unspecified atom stereocenters. The van der Waals surface area contributed by atoms with Crippen molar-refractivity contribution in [2.45, 2.75) is 39.5 Å². The smallest absolute Gasteiger partial charge is 0.387 e. The van der Waals surface area contributed by atoms with Crippen LogP contribution in [0.1, 0.15) is 26.3 Å². The lowest BCUT2D eigenvalue weighted by Gasteiger charge is -2.41. The summed E-state index contributed by atoms with van der Waals surface area (Å²) in [5.41, 5.74) is 0.414. The van der Waals surface area contributed by atoms with Crippen molar-refractivity contribution in [2.75, 3.05) is 39.4 Å². The van der Waals surface area contributed by atoms with E-state index in [4.69, 9.17) is 16.3 Å². The number of nitrogens with zero attached hydrogens (tertiary/aromatic N) is 2. The fraction of sp³-hybridized carbons (Fsp3) is 0.632. The van der Waals surface area contributed by atoms with Crippen molar-refractivity contribution >= 4 is 41.5 Å². The van der Waals surface area contributed by atoms with E-state index in [1.54, 1.807) is 6.07 Å². The third-order valence-corrected chi connectivity index (χ3v) is 4.78. The molecule has 1 aromatic rings. The molecule has 0 aromatic heterocycles. The predicted molar refractivity (Wildman–Crippen MR) is 123 cm³/mol. The summed E-state index contributed by atoms with van der Waals surface area (Å²) in [6, 6.07) is 4.53. The molecule has 0 amide bonds. The molecular weight excluding hydrogens is 517 g/mol. The first-order chi connectivity index (χ1) is 13.3. The number of aliphatic imine (C=N–C) groups is 1. The summed E-state index contributed by atoms with van der Waals surface area (Å²) in [7, 11) is 0. The van der Waals surface area contributed by atoms with Gasteiger partial charge in [0, 0.05) is 42.3 Å². The highest BCUT2D eigenvalue weighted by Gasteiger charge is 2.28. The highest BCUT2D eigenvalue weighted by atomic mass is 127. The van der Waals surface area contributed by atoms with E-state index < -0.39 is 6.61 Å². The zero-order valence-corrected chi connectivity index (χ0v) is 20.1. The maximum Gasteiger partial charge on any atom is 0.387 e. The van der Waals surface area contributed by atoms with Gasteiger partial charge in [0.2, 0.25) is 0 Å². The summed E-state index contributed by atoms with van der Waals surface area (Å²) in [6.45, 7) is 8.17. The van der Waals surface area contributed by atoms with E-state index in [0.29, 0.717) is 29.6 Å². The van der Waals surface area contributed by atoms with E-state index in [9.17, 15) is 8.78 Å². The summed E-state index contributed by atoms with van der Waals surface area (Å²) < 4.78 is 35.2. The van der Waals surface area contributed by atoms with E-state index >= 15 is 0 Å². The summed E-state index contributed by atoms with van der Waals surface area (Å²) in [5.74, 6) is 0.680. The van der Waals surface area contributed by atoms with Crippen LogP contribution in [0.4, 0.5) is 8.78 Å². The fourth-order valence-electron chi connectivity index (χ4n) is 2.97. The topological polar surface area (TPSA) is 58.1 Å². The maximum atomic E-state index is 12.6. The number of guanidine groups is 1. The molecule has 1 aliphatic rings. The van der Waals surface area contributed by atoms with Gasteiger partial charge in [0.15, 0.2) is 5.96 Å². The SMILES string of the molecule is CCNC(=NCc1cc(Cl)ccc1OC(F)F)NCC(C)(C)N1CCOCC1.I. The second kappa shape index (κ2) is 12.7. The van der Waals surface area contributed by atoms with Crippen LogP contribution in [-0.4, -0.2) is 62.4 Å². The minimum atomic E-state index is -2.90. The van der Waals surface area contributed by atoms with Crippen molar-refractivity contribution in [1.82, 2.24) is 15.5 Å². The van der Waals surface area contributed by atoms with Crippen LogP contribution in [0.25, 0.3) is 0 Å². The third kappa shape index (κ3) is 8.77. The highest BCUT2D eigenvalue weighted by molar-refractivity contribution is 14.0. The van der Waals surface area contributed by atoms with Crippen molar-refractivity contribution in [3.05, 3.63) is 28.8 Å². The van der Waals surface area contributed by atoms with E-state index in [-0.39, 0.29) is 41.8 Å². The molecular formula is C19H30ClF2IN4O2. The van der Waals surface area contributed by atoms with E-state index in [1.807, 2.05) is 6.92 Å². The minimum Gasteiger partial charge on any atom is -0.434 e. The van der Waals surface area contributed by atoms with Crippen molar-refractivity contribution in [3.8, 4) is 5.75 Å². The summed E-state index contributed by atoms with van der Waals surface area (Å²) >= 11 is 6.00. The van der Waals surface area contributed by atoms with Crippen LogP contribution in [0.2, 0.25) is 5.02 Å². The van der Waals surface area contributed by atoms with Gasteiger partial charge in [0.05, 0.1) is 19.8 Å². The molecule has 0 saturated carbocycles. The standard InChI is InChI=1S/C19H29ClF2N4O2.HI/c1-4-23-18(25-13-19(2,3)26-7-9-27-10-8-26)24-12-14-11-15(20)5-6-16(14)28-17(21)22;/h5-6,11,17H,4,7-10,12-13H2,1-3H3,(H2,23,24,25);1H. The molecule has 2 rings (SSSR count). The number of ether oxygens (including phenoxy) is 2. The maximum absolute atomic E-state index is 12.6. The van der Waals surface area contributed by atoms with Crippen LogP contribution in [0.5, 0.6) is 5.75 Å². The number of hydrogen-bond acceptors (Lipinski definition) is 4. The van der Waals surface area contributed by atoms with E-state index in [2.05, 4.69) is 39.1 Å². The number of alkyl halides is 2. The van der Waals surface area contributed by atoms with Crippen LogP contribution in [0, 0.1) is 0 Å². The van der Waals surface area contributed by atoms with Crippen molar-refractivity contribution in [1.29, 1.82) is 0 Å². The van der Waals surface area contributed by atoms with Gasteiger partial charge in [-0.1, -0.05) is 11.6 Å². The van der Waals surface area contributed by atoms with Crippen LogP contribution in [0.15, 0.2) is 23.2 Å². The molecule has 1 heterocycles. The predicted octanol–water partition coefficient (Wildman–Crippen LogP) is 3.73. The molecule has 166 valence electrons. The molecule has 0 radical (unpaired) electrons. The summed E-state index contributed by atoms with van der Waals surface area (Å²) in [5, 5.41) is 6.96. The Labute approximate surface area is 193 Å². The number of nitrogens with one attached hydrogen (secondary N) is 2. The van der Waals surface area contributed by atoms with Crippen LogP contribution >= 0.6 is 35.6 Å². The Morgan fingerprint density at radius 3 is 2.62 bits per heavy atom. The molecule has 1 saturated heterocycles.